The standard InChI is InChI=1S/C10H9NO2S2/c1-8(13)14-5-3-2-4-10-11-9(6-12)7-15-10/h6-7H,3,5H2,1H3. The summed E-state index contributed by atoms with van der Waals surface area (Å²) >= 11 is 2.61. The Labute approximate surface area is 96.3 Å². The molecule has 0 fully saturated rings. The molecule has 1 heterocycles. The molecule has 0 bridgehead atoms. The van der Waals surface area contributed by atoms with E-state index in [4.69, 9.17) is 0 Å². The number of carbonyl (C=O) groups excluding carboxylic acids is 2. The molecular formula is C10H9NO2S2. The molecule has 0 unspecified atom stereocenters. The van der Waals surface area contributed by atoms with Crippen molar-refractivity contribution >= 4 is 34.5 Å². The predicted molar refractivity (Wildman–Crippen MR) is 62.1 cm³/mol. The average Bonchev–Trinajstić information content (AvgIpc) is 2.65. The molecule has 5 heteroatoms. The first kappa shape index (κ1) is 12.0. The highest BCUT2D eigenvalue weighted by Gasteiger charge is 1.96. The Balaban J connectivity index is 2.37. The van der Waals surface area contributed by atoms with Gasteiger partial charge in [0.1, 0.15) is 5.69 Å². The van der Waals surface area contributed by atoms with Crippen LogP contribution in [0.4, 0.5) is 0 Å². The van der Waals surface area contributed by atoms with Gasteiger partial charge in [-0.2, -0.15) is 0 Å². The van der Waals surface area contributed by atoms with Crippen LogP contribution >= 0.6 is 23.1 Å². The summed E-state index contributed by atoms with van der Waals surface area (Å²) < 4.78 is 0. The fourth-order valence-electron chi connectivity index (χ4n) is 0.782. The van der Waals surface area contributed by atoms with Gasteiger partial charge in [0.25, 0.3) is 0 Å². The SMILES string of the molecule is CC(=O)SCCC#Cc1nc(C=O)cs1. The monoisotopic (exact) mass is 239 g/mol. The first-order valence-corrected chi connectivity index (χ1v) is 6.12. The van der Waals surface area contributed by atoms with Crippen LogP contribution in [0.25, 0.3) is 0 Å². The van der Waals surface area contributed by atoms with Gasteiger partial charge in [-0.25, -0.2) is 4.98 Å². The Morgan fingerprint density at radius 1 is 1.73 bits per heavy atom. The number of aldehydes is 1. The maximum absolute atomic E-state index is 10.6. The molecule has 1 aromatic rings. The van der Waals surface area contributed by atoms with E-state index >= 15 is 0 Å². The summed E-state index contributed by atoms with van der Waals surface area (Å²) in [7, 11) is 0. The molecule has 1 rings (SSSR count). The summed E-state index contributed by atoms with van der Waals surface area (Å²) in [6.45, 7) is 1.54. The van der Waals surface area contributed by atoms with Crippen molar-refractivity contribution in [1.82, 2.24) is 4.98 Å². The number of thioether (sulfide) groups is 1. The molecule has 0 aliphatic rings. The highest BCUT2D eigenvalue weighted by molar-refractivity contribution is 8.13. The van der Waals surface area contributed by atoms with Crippen LogP contribution in [0.3, 0.4) is 0 Å². The van der Waals surface area contributed by atoms with Crippen molar-refractivity contribution in [2.75, 3.05) is 5.75 Å². The second kappa shape index (κ2) is 6.38. The zero-order chi connectivity index (χ0) is 11.1. The Bertz CT molecular complexity index is 415. The number of aromatic nitrogens is 1. The van der Waals surface area contributed by atoms with Gasteiger partial charge in [-0.3, -0.25) is 9.59 Å². The molecule has 0 aliphatic carbocycles. The third kappa shape index (κ3) is 4.77. The lowest BCUT2D eigenvalue weighted by atomic mass is 10.5. The number of thiazole rings is 1. The molecule has 0 saturated heterocycles. The zero-order valence-electron chi connectivity index (χ0n) is 8.15. The van der Waals surface area contributed by atoms with E-state index in [-0.39, 0.29) is 5.12 Å². The molecular weight excluding hydrogens is 230 g/mol. The highest BCUT2D eigenvalue weighted by atomic mass is 32.2. The fraction of sp³-hybridized carbons (Fsp3) is 0.300. The molecule has 0 atom stereocenters. The van der Waals surface area contributed by atoms with Gasteiger partial charge in [-0.1, -0.05) is 17.7 Å². The lowest BCUT2D eigenvalue weighted by Gasteiger charge is -1.87. The summed E-state index contributed by atoms with van der Waals surface area (Å²) in [6, 6.07) is 0. The van der Waals surface area contributed by atoms with Gasteiger partial charge < -0.3 is 0 Å². The number of rotatable bonds is 3. The Morgan fingerprint density at radius 3 is 3.13 bits per heavy atom. The summed E-state index contributed by atoms with van der Waals surface area (Å²) in [4.78, 5) is 24.9. The molecule has 0 radical (unpaired) electrons. The number of hydrogen-bond donors (Lipinski definition) is 0. The predicted octanol–water partition coefficient (Wildman–Crippen LogP) is 1.98. The van der Waals surface area contributed by atoms with Crippen molar-refractivity contribution in [3.8, 4) is 11.8 Å². The molecule has 0 spiro atoms. The smallest absolute Gasteiger partial charge is 0.185 e. The number of nitrogens with zero attached hydrogens (tertiary/aromatic N) is 1. The minimum absolute atomic E-state index is 0.106. The van der Waals surface area contributed by atoms with Gasteiger partial charge >= 0.3 is 0 Å². The van der Waals surface area contributed by atoms with Gasteiger partial charge in [-0.05, 0) is 5.92 Å². The van der Waals surface area contributed by atoms with E-state index in [0.717, 1.165) is 0 Å². The Morgan fingerprint density at radius 2 is 2.53 bits per heavy atom. The molecule has 3 nitrogen and oxygen atoms in total. The van der Waals surface area contributed by atoms with E-state index < -0.39 is 0 Å². The van der Waals surface area contributed by atoms with Gasteiger partial charge in [0.2, 0.25) is 0 Å². The van der Waals surface area contributed by atoms with E-state index in [0.29, 0.717) is 29.2 Å². The first-order chi connectivity index (χ1) is 7.22. The van der Waals surface area contributed by atoms with Crippen LogP contribution in [0, 0.1) is 11.8 Å². The third-order valence-corrected chi connectivity index (χ3v) is 2.96. The van der Waals surface area contributed by atoms with Crippen LogP contribution in [-0.2, 0) is 4.79 Å². The van der Waals surface area contributed by atoms with Crippen LogP contribution in [0.1, 0.15) is 28.8 Å². The normalized spacial score (nSPS) is 9.13. The van der Waals surface area contributed by atoms with Gasteiger partial charge in [0, 0.05) is 24.5 Å². The maximum Gasteiger partial charge on any atom is 0.185 e. The van der Waals surface area contributed by atoms with Crippen molar-refractivity contribution in [3.63, 3.8) is 0 Å². The van der Waals surface area contributed by atoms with Crippen molar-refractivity contribution in [2.45, 2.75) is 13.3 Å². The second-order valence-electron chi connectivity index (χ2n) is 2.59. The molecule has 0 aliphatic heterocycles. The highest BCUT2D eigenvalue weighted by Crippen LogP contribution is 2.06. The minimum atomic E-state index is 0.106. The Hall–Kier alpha value is -1.12. The molecule has 78 valence electrons. The summed E-state index contributed by atoms with van der Waals surface area (Å²) in [5.74, 6) is 6.45. The molecule has 0 aromatic carbocycles. The molecule has 1 aromatic heterocycles. The van der Waals surface area contributed by atoms with E-state index in [1.54, 1.807) is 5.38 Å². The van der Waals surface area contributed by atoms with E-state index in [9.17, 15) is 9.59 Å². The molecule has 0 amide bonds. The molecule has 0 N–H and O–H groups in total. The fourth-order valence-corrected chi connectivity index (χ4v) is 1.90. The average molecular weight is 239 g/mol. The van der Waals surface area contributed by atoms with Crippen molar-refractivity contribution < 1.29 is 9.59 Å². The summed E-state index contributed by atoms with van der Waals surface area (Å²) in [5, 5.41) is 2.42. The number of carbonyl (C=O) groups is 2. The van der Waals surface area contributed by atoms with E-state index in [1.165, 1.54) is 30.0 Å². The summed E-state index contributed by atoms with van der Waals surface area (Å²) in [5.41, 5.74) is 0.419. The van der Waals surface area contributed by atoms with Crippen LogP contribution in [0.2, 0.25) is 0 Å². The quantitative estimate of drug-likeness (QED) is 0.459. The van der Waals surface area contributed by atoms with E-state index in [1.807, 2.05) is 0 Å². The Kier molecular flexibility index (Phi) is 5.08. The van der Waals surface area contributed by atoms with Crippen LogP contribution in [0.15, 0.2) is 5.38 Å². The van der Waals surface area contributed by atoms with Crippen molar-refractivity contribution in [2.24, 2.45) is 0 Å². The topological polar surface area (TPSA) is 47.0 Å². The first-order valence-electron chi connectivity index (χ1n) is 4.25. The van der Waals surface area contributed by atoms with Gasteiger partial charge in [0.05, 0.1) is 0 Å². The van der Waals surface area contributed by atoms with Crippen molar-refractivity contribution in [1.29, 1.82) is 0 Å². The molecule has 15 heavy (non-hydrogen) atoms. The van der Waals surface area contributed by atoms with Crippen LogP contribution in [-0.4, -0.2) is 22.1 Å². The van der Waals surface area contributed by atoms with Crippen LogP contribution < -0.4 is 0 Å². The second-order valence-corrected chi connectivity index (χ2v) is 4.72. The van der Waals surface area contributed by atoms with Gasteiger partial charge in [0.15, 0.2) is 16.4 Å². The molecule has 0 saturated carbocycles. The summed E-state index contributed by atoms with van der Waals surface area (Å²) in [6.07, 6.45) is 1.35. The van der Waals surface area contributed by atoms with Crippen molar-refractivity contribution in [3.05, 3.63) is 16.1 Å². The lowest BCUT2D eigenvalue weighted by Crippen LogP contribution is -1.84. The van der Waals surface area contributed by atoms with Crippen LogP contribution in [0.5, 0.6) is 0 Å². The third-order valence-electron chi connectivity index (χ3n) is 1.37. The van der Waals surface area contributed by atoms with E-state index in [2.05, 4.69) is 16.8 Å². The largest absolute Gasteiger partial charge is 0.296 e. The van der Waals surface area contributed by atoms with Gasteiger partial charge in [-0.15, -0.1) is 11.3 Å². The lowest BCUT2D eigenvalue weighted by molar-refractivity contribution is -0.109. The number of hydrogen-bond acceptors (Lipinski definition) is 5. The zero-order valence-corrected chi connectivity index (χ0v) is 9.78. The maximum atomic E-state index is 10.6. The minimum Gasteiger partial charge on any atom is -0.296 e.